The number of hydrogen-bond acceptors (Lipinski definition) is 4. The summed E-state index contributed by atoms with van der Waals surface area (Å²) < 4.78 is 1.84. The molecule has 3 rings (SSSR count). The van der Waals surface area contributed by atoms with Crippen molar-refractivity contribution in [2.75, 3.05) is 0 Å². The third kappa shape index (κ3) is 2.19. The molecule has 5 nitrogen and oxygen atoms in total. The number of aromatic nitrogens is 4. The maximum Gasteiger partial charge on any atom is 0.181 e. The molecule has 3 aromatic rings. The fourth-order valence-electron chi connectivity index (χ4n) is 2.76. The van der Waals surface area contributed by atoms with Crippen LogP contribution in [0.4, 0.5) is 0 Å². The topological polar surface area (TPSA) is 69.6 Å². The maximum atomic E-state index is 5.99. The molecule has 0 bridgehead atoms. The largest absolute Gasteiger partial charge is 0.326 e. The second-order valence-electron chi connectivity index (χ2n) is 4.95. The first-order valence-corrected chi connectivity index (χ1v) is 7.30. The number of hydrogen-bond donors (Lipinski definition) is 1. The minimum absolute atomic E-state index is 0.440. The summed E-state index contributed by atoms with van der Waals surface area (Å²) in [5.41, 5.74) is 10.3. The van der Waals surface area contributed by atoms with E-state index in [4.69, 9.17) is 5.73 Å². The first-order chi connectivity index (χ1) is 10.3. The van der Waals surface area contributed by atoms with Crippen molar-refractivity contribution < 1.29 is 0 Å². The van der Waals surface area contributed by atoms with Gasteiger partial charge in [0.25, 0.3) is 0 Å². The predicted octanol–water partition coefficient (Wildman–Crippen LogP) is 2.40. The van der Waals surface area contributed by atoms with Crippen LogP contribution in [0.5, 0.6) is 0 Å². The highest BCUT2D eigenvalue weighted by atomic mass is 15.3. The van der Waals surface area contributed by atoms with Crippen LogP contribution in [-0.4, -0.2) is 20.0 Å². The first kappa shape index (κ1) is 13.7. The van der Waals surface area contributed by atoms with Crippen molar-refractivity contribution in [3.05, 3.63) is 47.3 Å². The zero-order valence-corrected chi connectivity index (χ0v) is 12.4. The van der Waals surface area contributed by atoms with Crippen molar-refractivity contribution in [3.63, 3.8) is 0 Å². The number of fused-ring (bicyclic) bond motifs is 1. The molecule has 0 saturated heterocycles. The maximum absolute atomic E-state index is 5.99. The second kappa shape index (κ2) is 5.61. The van der Waals surface area contributed by atoms with Crippen LogP contribution in [0.25, 0.3) is 16.7 Å². The molecule has 0 unspecified atom stereocenters. The van der Waals surface area contributed by atoms with E-state index in [0.717, 1.165) is 40.8 Å². The third-order valence-electron chi connectivity index (χ3n) is 3.82. The van der Waals surface area contributed by atoms with E-state index in [2.05, 4.69) is 29.1 Å². The van der Waals surface area contributed by atoms with Gasteiger partial charge in [-0.25, -0.2) is 4.68 Å². The Morgan fingerprint density at radius 3 is 2.57 bits per heavy atom. The number of nitrogens with two attached hydrogens (primary N) is 1. The minimum atomic E-state index is 0.440. The van der Waals surface area contributed by atoms with Crippen molar-refractivity contribution in [1.82, 2.24) is 20.0 Å². The molecule has 0 fully saturated rings. The minimum Gasteiger partial charge on any atom is -0.326 e. The van der Waals surface area contributed by atoms with Crippen LogP contribution in [0.15, 0.2) is 30.5 Å². The number of para-hydroxylation sites is 1. The van der Waals surface area contributed by atoms with Gasteiger partial charge in [0.05, 0.1) is 17.4 Å². The Labute approximate surface area is 123 Å². The van der Waals surface area contributed by atoms with Gasteiger partial charge < -0.3 is 5.73 Å². The Morgan fingerprint density at radius 1 is 1.05 bits per heavy atom. The van der Waals surface area contributed by atoms with E-state index in [0.29, 0.717) is 6.54 Å². The van der Waals surface area contributed by atoms with Gasteiger partial charge in [-0.05, 0) is 24.5 Å². The van der Waals surface area contributed by atoms with Crippen LogP contribution < -0.4 is 5.73 Å². The van der Waals surface area contributed by atoms with Gasteiger partial charge in [-0.2, -0.15) is 10.2 Å². The normalized spacial score (nSPS) is 11.2. The fraction of sp³-hybridized carbons (Fsp3) is 0.312. The fourth-order valence-corrected chi connectivity index (χ4v) is 2.76. The molecule has 2 N–H and O–H groups in total. The zero-order valence-electron chi connectivity index (χ0n) is 12.4. The Bertz CT molecular complexity index is 775. The van der Waals surface area contributed by atoms with E-state index in [-0.39, 0.29) is 0 Å². The van der Waals surface area contributed by atoms with Crippen molar-refractivity contribution in [2.45, 2.75) is 33.2 Å². The van der Waals surface area contributed by atoms with Gasteiger partial charge in [0.1, 0.15) is 0 Å². The Kier molecular flexibility index (Phi) is 3.66. The molecular weight excluding hydrogens is 262 g/mol. The second-order valence-corrected chi connectivity index (χ2v) is 4.95. The summed E-state index contributed by atoms with van der Waals surface area (Å²) >= 11 is 0. The highest BCUT2D eigenvalue weighted by molar-refractivity contribution is 5.80. The third-order valence-corrected chi connectivity index (χ3v) is 3.82. The van der Waals surface area contributed by atoms with Crippen molar-refractivity contribution in [2.24, 2.45) is 5.73 Å². The molecule has 0 amide bonds. The Hall–Kier alpha value is -2.27. The number of aryl methyl sites for hydroxylation is 1. The monoisotopic (exact) mass is 281 g/mol. The van der Waals surface area contributed by atoms with E-state index < -0.39 is 0 Å². The molecule has 0 radical (unpaired) electrons. The van der Waals surface area contributed by atoms with Gasteiger partial charge in [-0.3, -0.25) is 0 Å². The summed E-state index contributed by atoms with van der Waals surface area (Å²) in [7, 11) is 0. The Morgan fingerprint density at radius 2 is 1.86 bits per heavy atom. The predicted molar refractivity (Wildman–Crippen MR) is 83.3 cm³/mol. The van der Waals surface area contributed by atoms with Crippen molar-refractivity contribution >= 4 is 10.9 Å². The van der Waals surface area contributed by atoms with Crippen LogP contribution >= 0.6 is 0 Å². The van der Waals surface area contributed by atoms with Crippen molar-refractivity contribution in [1.29, 1.82) is 0 Å². The smallest absolute Gasteiger partial charge is 0.181 e. The lowest BCUT2D eigenvalue weighted by Crippen LogP contribution is -2.15. The van der Waals surface area contributed by atoms with Gasteiger partial charge in [0, 0.05) is 17.5 Å². The average Bonchev–Trinajstić information content (AvgIpc) is 2.97. The average molecular weight is 281 g/mol. The highest BCUT2D eigenvalue weighted by Crippen LogP contribution is 2.23. The van der Waals surface area contributed by atoms with E-state index >= 15 is 0 Å². The quantitative estimate of drug-likeness (QED) is 0.797. The molecule has 21 heavy (non-hydrogen) atoms. The number of benzene rings is 1. The van der Waals surface area contributed by atoms with Crippen molar-refractivity contribution in [3.8, 4) is 5.82 Å². The molecule has 108 valence electrons. The number of rotatable bonds is 4. The zero-order chi connectivity index (χ0) is 14.8. The van der Waals surface area contributed by atoms with E-state index in [1.165, 1.54) is 5.56 Å². The van der Waals surface area contributed by atoms with Crippen LogP contribution in [0.3, 0.4) is 0 Å². The van der Waals surface area contributed by atoms with Crippen LogP contribution in [-0.2, 0) is 19.4 Å². The van der Waals surface area contributed by atoms with Gasteiger partial charge >= 0.3 is 0 Å². The Balaban J connectivity index is 2.27. The summed E-state index contributed by atoms with van der Waals surface area (Å²) in [6.07, 6.45) is 3.61. The molecule has 1 aromatic carbocycles. The lowest BCUT2D eigenvalue weighted by molar-refractivity contribution is 0.768. The summed E-state index contributed by atoms with van der Waals surface area (Å²) in [5.74, 6) is 0.743. The van der Waals surface area contributed by atoms with Gasteiger partial charge in [0.2, 0.25) is 0 Å². The lowest BCUT2D eigenvalue weighted by atomic mass is 10.0. The molecule has 0 aliphatic rings. The van der Waals surface area contributed by atoms with E-state index in [1.807, 2.05) is 35.1 Å². The molecule has 0 aliphatic heterocycles. The SMILES string of the molecule is CCc1nnc(-n2ncc3ccccc32)c(CN)c1CC. The lowest BCUT2D eigenvalue weighted by Gasteiger charge is -2.14. The van der Waals surface area contributed by atoms with Crippen LogP contribution in [0.1, 0.15) is 30.7 Å². The summed E-state index contributed by atoms with van der Waals surface area (Å²) in [5, 5.41) is 14.3. The molecule has 5 heteroatoms. The van der Waals surface area contributed by atoms with Gasteiger partial charge in [-0.1, -0.05) is 32.0 Å². The molecule has 2 aromatic heterocycles. The van der Waals surface area contributed by atoms with E-state index in [1.54, 1.807) is 0 Å². The summed E-state index contributed by atoms with van der Waals surface area (Å²) in [6.45, 7) is 4.65. The van der Waals surface area contributed by atoms with Gasteiger partial charge in [-0.15, -0.1) is 5.10 Å². The highest BCUT2D eigenvalue weighted by Gasteiger charge is 2.16. The first-order valence-electron chi connectivity index (χ1n) is 7.30. The van der Waals surface area contributed by atoms with E-state index in [9.17, 15) is 0 Å². The molecule has 0 atom stereocenters. The molecule has 2 heterocycles. The summed E-state index contributed by atoms with van der Waals surface area (Å²) in [4.78, 5) is 0. The molecular formula is C16H19N5. The van der Waals surface area contributed by atoms with Crippen LogP contribution in [0, 0.1) is 0 Å². The molecule has 0 aliphatic carbocycles. The van der Waals surface area contributed by atoms with Gasteiger partial charge in [0.15, 0.2) is 5.82 Å². The standard InChI is InChI=1S/C16H19N5/c1-3-12-13(9-17)16(20-19-14(12)4-2)21-15-8-6-5-7-11(15)10-18-21/h5-8,10H,3-4,9,17H2,1-2H3. The summed E-state index contributed by atoms with van der Waals surface area (Å²) in [6, 6.07) is 8.07. The number of nitrogens with zero attached hydrogens (tertiary/aromatic N) is 4. The molecule has 0 spiro atoms. The van der Waals surface area contributed by atoms with Crippen LogP contribution in [0.2, 0.25) is 0 Å². The molecule has 0 saturated carbocycles.